The number of piperidine rings is 1. The third kappa shape index (κ3) is 6.37. The molecule has 2 atom stereocenters. The molecule has 0 spiro atoms. The summed E-state index contributed by atoms with van der Waals surface area (Å²) in [7, 11) is 0. The Morgan fingerprint density at radius 1 is 1.03 bits per heavy atom. The first-order valence-electron chi connectivity index (χ1n) is 13.7. The first-order chi connectivity index (χ1) is 17.5. The maximum atomic E-state index is 13.6. The molecule has 1 saturated carbocycles. The molecule has 2 heterocycles. The molecule has 7 N–H and O–H groups in total. The number of benzene rings is 1. The van der Waals surface area contributed by atoms with Crippen molar-refractivity contribution in [1.82, 2.24) is 15.5 Å². The second-order valence-corrected chi connectivity index (χ2v) is 10.5. The van der Waals surface area contributed by atoms with Gasteiger partial charge in [0.25, 0.3) is 0 Å². The standard InChI is InChI=1S/C27H43N7O2/c28-23(10-6-15-32-27(29)30)25(35)31-16-12-22-21-9-4-5-11-24(21)34(26(22)36)20-13-17-33(18-14-20)19-7-2-1-3-8-19/h4-5,9,11,19-20,22-23H,1-3,6-8,10,12-18,28H2,(H,31,35)(H4,29,30,32)/t22?,23-/m0/s1. The van der Waals surface area contributed by atoms with Crippen molar-refractivity contribution in [2.45, 2.75) is 88.3 Å². The molecule has 1 aromatic carbocycles. The van der Waals surface area contributed by atoms with Gasteiger partial charge in [0.1, 0.15) is 0 Å². The van der Waals surface area contributed by atoms with Crippen LogP contribution >= 0.6 is 0 Å². The number of nitrogens with two attached hydrogens (primary N) is 2. The molecule has 9 heteroatoms. The molecule has 2 amide bonds. The Morgan fingerprint density at radius 3 is 2.47 bits per heavy atom. The number of hydrogen-bond donors (Lipinski definition) is 5. The molecular formula is C27H43N7O2. The van der Waals surface area contributed by atoms with Gasteiger partial charge >= 0.3 is 0 Å². The zero-order valence-electron chi connectivity index (χ0n) is 21.4. The van der Waals surface area contributed by atoms with Crippen molar-refractivity contribution in [3.05, 3.63) is 29.8 Å². The third-order valence-corrected chi connectivity index (χ3v) is 8.14. The lowest BCUT2D eigenvalue weighted by molar-refractivity contribution is -0.123. The number of fused-ring (bicyclic) bond motifs is 1. The van der Waals surface area contributed by atoms with Gasteiger partial charge in [-0.25, -0.2) is 0 Å². The second-order valence-electron chi connectivity index (χ2n) is 10.5. The maximum absolute atomic E-state index is 13.6. The predicted octanol–water partition coefficient (Wildman–Crippen LogP) is 2.01. The van der Waals surface area contributed by atoms with Crippen LogP contribution in [0.25, 0.3) is 0 Å². The van der Waals surface area contributed by atoms with E-state index in [9.17, 15) is 9.59 Å². The summed E-state index contributed by atoms with van der Waals surface area (Å²) >= 11 is 0. The molecule has 4 rings (SSSR count). The summed E-state index contributed by atoms with van der Waals surface area (Å²) in [5, 5.41) is 12.8. The molecule has 1 aromatic rings. The molecular weight excluding hydrogens is 454 g/mol. The number of guanidine groups is 1. The SMILES string of the molecule is N=C(N)NCCC[C@H](N)C(=O)NCCC1C(=O)N(C2CCN(C3CCCCC3)CC2)c2ccccc21. The lowest BCUT2D eigenvalue weighted by Crippen LogP contribution is -2.50. The molecule has 3 aliphatic rings. The maximum Gasteiger partial charge on any atom is 0.236 e. The summed E-state index contributed by atoms with van der Waals surface area (Å²) in [4.78, 5) is 30.8. The quantitative estimate of drug-likeness (QED) is 0.190. The average Bonchev–Trinajstić information content (AvgIpc) is 3.18. The first-order valence-corrected chi connectivity index (χ1v) is 13.7. The van der Waals surface area contributed by atoms with Crippen LogP contribution in [0.15, 0.2) is 24.3 Å². The first kappa shape index (κ1) is 26.4. The summed E-state index contributed by atoms with van der Waals surface area (Å²) in [6, 6.07) is 8.51. The van der Waals surface area contributed by atoms with Gasteiger partial charge in [-0.1, -0.05) is 37.5 Å². The molecule has 0 aromatic heterocycles. The number of likely N-dealkylation sites (tertiary alicyclic amines) is 1. The summed E-state index contributed by atoms with van der Waals surface area (Å²) in [6.07, 6.45) is 10.5. The molecule has 2 fully saturated rings. The Labute approximate surface area is 214 Å². The highest BCUT2D eigenvalue weighted by atomic mass is 16.2. The summed E-state index contributed by atoms with van der Waals surface area (Å²) in [5.41, 5.74) is 13.4. The third-order valence-electron chi connectivity index (χ3n) is 8.14. The molecule has 1 aliphatic carbocycles. The van der Waals surface area contributed by atoms with E-state index in [0.717, 1.165) is 43.2 Å². The highest BCUT2D eigenvalue weighted by molar-refractivity contribution is 6.05. The molecule has 1 unspecified atom stereocenters. The van der Waals surface area contributed by atoms with E-state index < -0.39 is 6.04 Å². The van der Waals surface area contributed by atoms with Crippen LogP contribution in [-0.2, 0) is 9.59 Å². The van der Waals surface area contributed by atoms with E-state index in [0.29, 0.717) is 32.4 Å². The Kier molecular flexibility index (Phi) is 9.20. The number of para-hydroxylation sites is 1. The van der Waals surface area contributed by atoms with Crippen molar-refractivity contribution in [3.8, 4) is 0 Å². The van der Waals surface area contributed by atoms with Crippen LogP contribution in [0.2, 0.25) is 0 Å². The molecule has 198 valence electrons. The predicted molar refractivity (Wildman–Crippen MR) is 143 cm³/mol. The number of rotatable bonds is 10. The van der Waals surface area contributed by atoms with Gasteiger partial charge in [-0.15, -0.1) is 0 Å². The van der Waals surface area contributed by atoms with Crippen molar-refractivity contribution in [2.24, 2.45) is 11.5 Å². The molecule has 0 radical (unpaired) electrons. The lowest BCUT2D eigenvalue weighted by Gasteiger charge is -2.41. The summed E-state index contributed by atoms with van der Waals surface area (Å²) in [5.74, 6) is -0.350. The Bertz CT molecular complexity index is 909. The van der Waals surface area contributed by atoms with Crippen LogP contribution in [-0.4, -0.2) is 67.0 Å². The van der Waals surface area contributed by atoms with E-state index in [1.54, 1.807) is 0 Å². The fourth-order valence-electron chi connectivity index (χ4n) is 6.18. The van der Waals surface area contributed by atoms with E-state index in [1.807, 2.05) is 12.1 Å². The van der Waals surface area contributed by atoms with E-state index in [4.69, 9.17) is 16.9 Å². The lowest BCUT2D eigenvalue weighted by atomic mass is 9.91. The molecule has 1 saturated heterocycles. The number of amides is 2. The van der Waals surface area contributed by atoms with Crippen LogP contribution in [0.4, 0.5) is 5.69 Å². The molecule has 2 aliphatic heterocycles. The Morgan fingerprint density at radius 2 is 1.75 bits per heavy atom. The number of carbonyl (C=O) groups is 2. The highest BCUT2D eigenvalue weighted by Crippen LogP contribution is 2.42. The normalized spacial score (nSPS) is 22.3. The highest BCUT2D eigenvalue weighted by Gasteiger charge is 2.41. The zero-order chi connectivity index (χ0) is 25.5. The number of carbonyl (C=O) groups excluding carboxylic acids is 2. The van der Waals surface area contributed by atoms with Gasteiger partial charge in [0, 0.05) is 44.0 Å². The number of hydrogen-bond acceptors (Lipinski definition) is 5. The second kappa shape index (κ2) is 12.5. The van der Waals surface area contributed by atoms with Crippen molar-refractivity contribution < 1.29 is 9.59 Å². The van der Waals surface area contributed by atoms with Gasteiger partial charge in [0.05, 0.1) is 12.0 Å². The molecule has 9 nitrogen and oxygen atoms in total. The van der Waals surface area contributed by atoms with Crippen LogP contribution in [0.3, 0.4) is 0 Å². The minimum absolute atomic E-state index is 0.0849. The van der Waals surface area contributed by atoms with E-state index >= 15 is 0 Å². The van der Waals surface area contributed by atoms with Gasteiger partial charge < -0.3 is 31.9 Å². The topological polar surface area (TPSA) is 141 Å². The number of nitrogens with one attached hydrogen (secondary N) is 3. The monoisotopic (exact) mass is 497 g/mol. The van der Waals surface area contributed by atoms with Gasteiger partial charge in [0.15, 0.2) is 5.96 Å². The van der Waals surface area contributed by atoms with E-state index in [1.165, 1.54) is 32.1 Å². The Balaban J connectivity index is 1.28. The average molecular weight is 498 g/mol. The van der Waals surface area contributed by atoms with Crippen LogP contribution in [0, 0.1) is 5.41 Å². The molecule has 36 heavy (non-hydrogen) atoms. The van der Waals surface area contributed by atoms with Crippen LogP contribution in [0.5, 0.6) is 0 Å². The summed E-state index contributed by atoms with van der Waals surface area (Å²) in [6.45, 7) is 3.07. The largest absolute Gasteiger partial charge is 0.370 e. The van der Waals surface area contributed by atoms with Gasteiger partial charge in [0.2, 0.25) is 11.8 Å². The van der Waals surface area contributed by atoms with Crippen molar-refractivity contribution in [2.75, 3.05) is 31.1 Å². The van der Waals surface area contributed by atoms with Crippen molar-refractivity contribution in [3.63, 3.8) is 0 Å². The van der Waals surface area contributed by atoms with Gasteiger partial charge in [-0.3, -0.25) is 15.0 Å². The Hall–Kier alpha value is -2.65. The van der Waals surface area contributed by atoms with E-state index in [2.05, 4.69) is 32.6 Å². The summed E-state index contributed by atoms with van der Waals surface area (Å²) < 4.78 is 0. The van der Waals surface area contributed by atoms with Crippen molar-refractivity contribution in [1.29, 1.82) is 5.41 Å². The smallest absolute Gasteiger partial charge is 0.236 e. The van der Waals surface area contributed by atoms with Gasteiger partial charge in [-0.2, -0.15) is 0 Å². The zero-order valence-corrected chi connectivity index (χ0v) is 21.4. The van der Waals surface area contributed by atoms with Crippen LogP contribution in [0.1, 0.15) is 75.7 Å². The molecule has 0 bridgehead atoms. The van der Waals surface area contributed by atoms with Gasteiger partial charge in [-0.05, 0) is 56.6 Å². The minimum atomic E-state index is -0.615. The minimum Gasteiger partial charge on any atom is -0.370 e. The number of anilines is 1. The fraction of sp³-hybridized carbons (Fsp3) is 0.667. The fourth-order valence-corrected chi connectivity index (χ4v) is 6.18. The van der Waals surface area contributed by atoms with Crippen molar-refractivity contribution >= 4 is 23.5 Å². The van der Waals surface area contributed by atoms with Crippen LogP contribution < -0.4 is 27.0 Å². The number of nitrogens with zero attached hydrogens (tertiary/aromatic N) is 2. The van der Waals surface area contributed by atoms with E-state index in [-0.39, 0.29) is 29.7 Å².